The number of halogens is 3. The van der Waals surface area contributed by atoms with Gasteiger partial charge in [0, 0.05) is 0 Å². The summed E-state index contributed by atoms with van der Waals surface area (Å²) in [5.74, 6) is -3.00. The average Bonchev–Trinajstić information content (AvgIpc) is 2.48. The number of carbonyl (C=O) groups is 1. The number of alkyl halides is 3. The zero-order chi connectivity index (χ0) is 11.6. The molecule has 1 unspecified atom stereocenters. The van der Waals surface area contributed by atoms with Gasteiger partial charge in [0.1, 0.15) is 11.9 Å². The number of aliphatic hydroxyl groups excluding tert-OH is 1. The summed E-state index contributed by atoms with van der Waals surface area (Å²) in [5.41, 5.74) is 0. The van der Waals surface area contributed by atoms with E-state index in [-0.39, 0.29) is 0 Å². The van der Waals surface area contributed by atoms with Gasteiger partial charge in [0.15, 0.2) is 0 Å². The molecule has 0 saturated carbocycles. The molecule has 0 spiro atoms. The van der Waals surface area contributed by atoms with Gasteiger partial charge >= 0.3 is 12.1 Å². The van der Waals surface area contributed by atoms with E-state index < -0.39 is 36.2 Å². The highest BCUT2D eigenvalue weighted by atomic mass is 19.4. The van der Waals surface area contributed by atoms with E-state index in [0.29, 0.717) is 6.07 Å². The lowest BCUT2D eigenvalue weighted by Gasteiger charge is -2.04. The maximum atomic E-state index is 12.0. The minimum absolute atomic E-state index is 0.412. The molecular weight excluding hydrogens is 217 g/mol. The van der Waals surface area contributed by atoms with Crippen LogP contribution in [0.2, 0.25) is 0 Å². The molecule has 1 atom stereocenters. The molecular formula is C8H7F3O4. The number of aliphatic hydroxyl groups is 1. The van der Waals surface area contributed by atoms with Crippen LogP contribution in [0.15, 0.2) is 16.5 Å². The Bertz CT molecular complexity index is 355. The predicted molar refractivity (Wildman–Crippen MR) is 40.9 cm³/mol. The Labute approximate surface area is 81.9 Å². The van der Waals surface area contributed by atoms with Gasteiger partial charge in [-0.2, -0.15) is 13.2 Å². The Hall–Kier alpha value is -1.50. The normalized spacial score (nSPS) is 13.9. The highest BCUT2D eigenvalue weighted by Gasteiger charge is 2.35. The Morgan fingerprint density at radius 2 is 2.07 bits per heavy atom. The Kier molecular flexibility index (Phi) is 3.04. The monoisotopic (exact) mass is 224 g/mol. The van der Waals surface area contributed by atoms with Gasteiger partial charge in [-0.25, -0.2) is 0 Å². The van der Waals surface area contributed by atoms with E-state index in [4.69, 9.17) is 10.2 Å². The molecule has 7 heteroatoms. The van der Waals surface area contributed by atoms with Gasteiger partial charge in [0.2, 0.25) is 5.76 Å². The number of rotatable bonds is 3. The van der Waals surface area contributed by atoms with Gasteiger partial charge in [0.25, 0.3) is 0 Å². The third-order valence-corrected chi connectivity index (χ3v) is 1.60. The molecule has 1 aromatic rings. The van der Waals surface area contributed by atoms with Crippen LogP contribution in [0.4, 0.5) is 13.2 Å². The maximum absolute atomic E-state index is 12.0. The standard InChI is InChI=1S/C8H7F3O4/c9-8(10,11)6-2-1-5(15-6)4(12)3-7(13)14/h1-2,4,12H,3H2,(H,13,14). The summed E-state index contributed by atoms with van der Waals surface area (Å²) in [6, 6.07) is 1.54. The van der Waals surface area contributed by atoms with Crippen molar-refractivity contribution in [1.29, 1.82) is 0 Å². The van der Waals surface area contributed by atoms with Crippen LogP contribution < -0.4 is 0 Å². The number of furan rings is 1. The van der Waals surface area contributed by atoms with Gasteiger partial charge in [0.05, 0.1) is 6.42 Å². The minimum Gasteiger partial charge on any atom is -0.481 e. The van der Waals surface area contributed by atoms with Crippen molar-refractivity contribution in [2.24, 2.45) is 0 Å². The van der Waals surface area contributed by atoms with E-state index in [1.165, 1.54) is 0 Å². The topological polar surface area (TPSA) is 70.7 Å². The molecule has 1 rings (SSSR count). The lowest BCUT2D eigenvalue weighted by Crippen LogP contribution is -2.05. The second-order valence-electron chi connectivity index (χ2n) is 2.81. The number of carboxylic acids is 1. The van der Waals surface area contributed by atoms with Crippen LogP contribution in [-0.4, -0.2) is 16.2 Å². The van der Waals surface area contributed by atoms with E-state index >= 15 is 0 Å². The molecule has 15 heavy (non-hydrogen) atoms. The first kappa shape index (κ1) is 11.6. The van der Waals surface area contributed by atoms with E-state index in [1.54, 1.807) is 0 Å². The van der Waals surface area contributed by atoms with Crippen molar-refractivity contribution in [3.63, 3.8) is 0 Å². The molecule has 0 aliphatic heterocycles. The lowest BCUT2D eigenvalue weighted by atomic mass is 10.2. The second-order valence-corrected chi connectivity index (χ2v) is 2.81. The molecule has 1 heterocycles. The minimum atomic E-state index is -4.64. The van der Waals surface area contributed by atoms with Gasteiger partial charge in [-0.05, 0) is 12.1 Å². The Morgan fingerprint density at radius 1 is 1.47 bits per heavy atom. The van der Waals surface area contributed by atoms with E-state index in [9.17, 15) is 18.0 Å². The molecule has 4 nitrogen and oxygen atoms in total. The summed E-state index contributed by atoms with van der Waals surface area (Å²) in [6.07, 6.45) is -6.91. The molecule has 1 aromatic heterocycles. The number of carboxylic acid groups (broad SMARTS) is 1. The number of hydrogen-bond acceptors (Lipinski definition) is 3. The summed E-state index contributed by atoms with van der Waals surface area (Å²) >= 11 is 0. The van der Waals surface area contributed by atoms with Crippen molar-refractivity contribution in [2.45, 2.75) is 18.7 Å². The number of aliphatic carboxylic acids is 1. The van der Waals surface area contributed by atoms with Crippen LogP contribution in [0.3, 0.4) is 0 Å². The third-order valence-electron chi connectivity index (χ3n) is 1.60. The van der Waals surface area contributed by atoms with E-state index in [2.05, 4.69) is 4.42 Å². The third kappa shape index (κ3) is 2.98. The predicted octanol–water partition coefficient (Wildman–Crippen LogP) is 1.81. The summed E-state index contributed by atoms with van der Waals surface area (Å²) in [7, 11) is 0. The zero-order valence-corrected chi connectivity index (χ0v) is 7.28. The first-order valence-corrected chi connectivity index (χ1v) is 3.87. The van der Waals surface area contributed by atoms with Crippen molar-refractivity contribution in [3.05, 3.63) is 23.7 Å². The van der Waals surface area contributed by atoms with Crippen molar-refractivity contribution in [2.75, 3.05) is 0 Å². The van der Waals surface area contributed by atoms with Gasteiger partial charge < -0.3 is 14.6 Å². The average molecular weight is 224 g/mol. The van der Waals surface area contributed by atoms with Crippen molar-refractivity contribution >= 4 is 5.97 Å². The molecule has 0 aliphatic carbocycles. The first-order chi connectivity index (χ1) is 6.80. The van der Waals surface area contributed by atoms with Crippen LogP contribution >= 0.6 is 0 Å². The molecule has 0 bridgehead atoms. The second kappa shape index (κ2) is 3.93. The van der Waals surface area contributed by atoms with Gasteiger partial charge in [-0.3, -0.25) is 4.79 Å². The largest absolute Gasteiger partial charge is 0.481 e. The van der Waals surface area contributed by atoms with Crippen LogP contribution in [-0.2, 0) is 11.0 Å². The van der Waals surface area contributed by atoms with Crippen LogP contribution in [0.5, 0.6) is 0 Å². The first-order valence-electron chi connectivity index (χ1n) is 3.87. The van der Waals surface area contributed by atoms with E-state index in [0.717, 1.165) is 6.07 Å². The quantitative estimate of drug-likeness (QED) is 0.821. The van der Waals surface area contributed by atoms with Gasteiger partial charge in [-0.15, -0.1) is 0 Å². The highest BCUT2D eigenvalue weighted by Crippen LogP contribution is 2.32. The van der Waals surface area contributed by atoms with Crippen LogP contribution in [0.1, 0.15) is 24.0 Å². The zero-order valence-electron chi connectivity index (χ0n) is 7.28. The molecule has 84 valence electrons. The lowest BCUT2D eigenvalue weighted by molar-refractivity contribution is -0.154. The van der Waals surface area contributed by atoms with Crippen LogP contribution in [0, 0.1) is 0 Å². The maximum Gasteiger partial charge on any atom is 0.449 e. The molecule has 0 amide bonds. The van der Waals surface area contributed by atoms with Crippen molar-refractivity contribution < 1.29 is 32.6 Å². The summed E-state index contributed by atoms with van der Waals surface area (Å²) < 4.78 is 40.4. The summed E-state index contributed by atoms with van der Waals surface area (Å²) in [4.78, 5) is 10.2. The SMILES string of the molecule is O=C(O)CC(O)c1ccc(C(F)(F)F)o1. The van der Waals surface area contributed by atoms with Crippen molar-refractivity contribution in [3.8, 4) is 0 Å². The summed E-state index contributed by atoms with van der Waals surface area (Å²) in [5, 5.41) is 17.4. The fourth-order valence-electron chi connectivity index (χ4n) is 0.950. The number of hydrogen-bond donors (Lipinski definition) is 2. The fraction of sp³-hybridized carbons (Fsp3) is 0.375. The smallest absolute Gasteiger partial charge is 0.449 e. The molecule has 0 fully saturated rings. The Balaban J connectivity index is 2.80. The van der Waals surface area contributed by atoms with Crippen LogP contribution in [0.25, 0.3) is 0 Å². The van der Waals surface area contributed by atoms with Crippen molar-refractivity contribution in [1.82, 2.24) is 0 Å². The fourth-order valence-corrected chi connectivity index (χ4v) is 0.950. The molecule has 0 radical (unpaired) electrons. The van der Waals surface area contributed by atoms with E-state index in [1.807, 2.05) is 0 Å². The molecule has 0 aromatic carbocycles. The molecule has 0 aliphatic rings. The summed E-state index contributed by atoms with van der Waals surface area (Å²) in [6.45, 7) is 0. The molecule has 0 saturated heterocycles. The highest BCUT2D eigenvalue weighted by molar-refractivity contribution is 5.67. The molecule has 2 N–H and O–H groups in total. The Morgan fingerprint density at radius 3 is 2.47 bits per heavy atom. The van der Waals surface area contributed by atoms with Gasteiger partial charge in [-0.1, -0.05) is 0 Å².